The van der Waals surface area contributed by atoms with Gasteiger partial charge in [0.05, 0.1) is 17.2 Å². The molecule has 0 aliphatic rings. The molecule has 2 amide bonds. The highest BCUT2D eigenvalue weighted by Crippen LogP contribution is 2.16. The molecule has 1 aromatic carbocycles. The molecule has 0 atom stereocenters. The molecular formula is C14H16N8O2. The maximum absolute atomic E-state index is 12.4. The normalized spacial score (nSPS) is 10.8. The zero-order chi connectivity index (χ0) is 17.3. The van der Waals surface area contributed by atoms with Crippen molar-refractivity contribution in [2.24, 2.45) is 0 Å². The fourth-order valence-corrected chi connectivity index (χ4v) is 2.08. The topological polar surface area (TPSA) is 124 Å². The molecule has 0 aliphatic heterocycles. The predicted molar refractivity (Wildman–Crippen MR) is 87.5 cm³/mol. The van der Waals surface area contributed by atoms with E-state index in [1.807, 2.05) is 0 Å². The largest absolute Gasteiger partial charge is 0.399 e. The van der Waals surface area contributed by atoms with Gasteiger partial charge in [-0.15, -0.1) is 5.10 Å². The average Bonchev–Trinajstić information content (AvgIpc) is 3.13. The monoisotopic (exact) mass is 328 g/mol. The summed E-state index contributed by atoms with van der Waals surface area (Å²) >= 11 is 0. The average molecular weight is 328 g/mol. The van der Waals surface area contributed by atoms with Crippen molar-refractivity contribution >= 4 is 34.5 Å². The summed E-state index contributed by atoms with van der Waals surface area (Å²) < 4.78 is 1.41. The highest BCUT2D eigenvalue weighted by Gasteiger charge is 2.13. The molecule has 3 rings (SSSR count). The van der Waals surface area contributed by atoms with E-state index >= 15 is 0 Å². The van der Waals surface area contributed by atoms with E-state index in [0.29, 0.717) is 16.7 Å². The number of nitrogens with zero attached hydrogens (tertiary/aromatic N) is 6. The lowest BCUT2D eigenvalue weighted by Crippen LogP contribution is -2.27. The number of carbonyl (C=O) groups is 2. The second-order valence-electron chi connectivity index (χ2n) is 5.34. The molecule has 0 fully saturated rings. The summed E-state index contributed by atoms with van der Waals surface area (Å²) in [5.41, 5.74) is 7.57. The zero-order valence-electron chi connectivity index (χ0n) is 13.2. The van der Waals surface area contributed by atoms with E-state index in [9.17, 15) is 9.59 Å². The van der Waals surface area contributed by atoms with E-state index in [-0.39, 0.29) is 24.3 Å². The number of hydrogen-bond acceptors (Lipinski definition) is 6. The van der Waals surface area contributed by atoms with Crippen LogP contribution in [-0.4, -0.2) is 55.5 Å². The molecule has 124 valence electrons. The number of urea groups is 1. The molecule has 0 unspecified atom stereocenters. The van der Waals surface area contributed by atoms with Crippen molar-refractivity contribution in [2.75, 3.05) is 25.1 Å². The van der Waals surface area contributed by atoms with E-state index in [1.54, 1.807) is 32.3 Å². The van der Waals surface area contributed by atoms with Crippen LogP contribution in [0.5, 0.6) is 0 Å². The minimum Gasteiger partial charge on any atom is -0.399 e. The van der Waals surface area contributed by atoms with Gasteiger partial charge < -0.3 is 10.6 Å². The van der Waals surface area contributed by atoms with Gasteiger partial charge in [-0.3, -0.25) is 14.7 Å². The van der Waals surface area contributed by atoms with E-state index in [2.05, 4.69) is 20.5 Å². The third-order valence-electron chi connectivity index (χ3n) is 3.29. The molecule has 2 aromatic heterocycles. The summed E-state index contributed by atoms with van der Waals surface area (Å²) in [5.74, 6) is 0.00752. The maximum atomic E-state index is 12.4. The molecule has 24 heavy (non-hydrogen) atoms. The van der Waals surface area contributed by atoms with Gasteiger partial charge >= 0.3 is 6.03 Å². The molecule has 10 nitrogen and oxygen atoms in total. The zero-order valence-corrected chi connectivity index (χ0v) is 13.2. The number of nitrogens with one attached hydrogen (secondary N) is 1. The Morgan fingerprint density at radius 3 is 2.88 bits per heavy atom. The first-order valence-corrected chi connectivity index (χ1v) is 7.08. The Morgan fingerprint density at radius 2 is 2.12 bits per heavy atom. The van der Waals surface area contributed by atoms with Crippen LogP contribution in [0.3, 0.4) is 0 Å². The molecule has 0 bridgehead atoms. The molecular weight excluding hydrogens is 312 g/mol. The first-order valence-electron chi connectivity index (χ1n) is 7.08. The maximum Gasteiger partial charge on any atom is 0.322 e. The van der Waals surface area contributed by atoms with Crippen LogP contribution in [-0.2, 0) is 6.54 Å². The number of nitrogens with two attached hydrogens (primary N) is 1. The number of benzene rings is 1. The van der Waals surface area contributed by atoms with Crippen molar-refractivity contribution in [3.63, 3.8) is 0 Å². The molecule has 0 spiro atoms. The molecule has 0 aliphatic carbocycles. The van der Waals surface area contributed by atoms with E-state index in [0.717, 1.165) is 0 Å². The van der Waals surface area contributed by atoms with Gasteiger partial charge in [0.1, 0.15) is 12.9 Å². The van der Waals surface area contributed by atoms with Gasteiger partial charge in [-0.05, 0) is 18.2 Å². The predicted octanol–water partition coefficient (Wildman–Crippen LogP) is 0.644. The third-order valence-corrected chi connectivity index (χ3v) is 3.29. The van der Waals surface area contributed by atoms with Gasteiger partial charge in [-0.1, -0.05) is 0 Å². The fourth-order valence-electron chi connectivity index (χ4n) is 2.08. The van der Waals surface area contributed by atoms with Crippen molar-refractivity contribution in [2.45, 2.75) is 6.54 Å². The van der Waals surface area contributed by atoms with Crippen molar-refractivity contribution < 1.29 is 9.59 Å². The summed E-state index contributed by atoms with van der Waals surface area (Å²) in [6, 6.07) is 4.80. The molecule has 0 saturated heterocycles. The van der Waals surface area contributed by atoms with Crippen molar-refractivity contribution in [1.29, 1.82) is 0 Å². The SMILES string of the molecule is CN(C)C(=O)Nc1cnn(CC(=O)n2cnc3cc(N)ccc32)n1. The van der Waals surface area contributed by atoms with Crippen LogP contribution in [0.2, 0.25) is 0 Å². The Labute approximate surface area is 136 Å². The van der Waals surface area contributed by atoms with E-state index < -0.39 is 0 Å². The number of aromatic nitrogens is 5. The lowest BCUT2D eigenvalue weighted by atomic mass is 10.3. The van der Waals surface area contributed by atoms with Crippen LogP contribution >= 0.6 is 0 Å². The van der Waals surface area contributed by atoms with Gasteiger partial charge in [0.15, 0.2) is 5.82 Å². The van der Waals surface area contributed by atoms with Gasteiger partial charge in [0.2, 0.25) is 0 Å². The first kappa shape index (κ1) is 15.5. The van der Waals surface area contributed by atoms with Crippen LogP contribution in [0.1, 0.15) is 4.79 Å². The van der Waals surface area contributed by atoms with Crippen molar-refractivity contribution in [3.05, 3.63) is 30.7 Å². The van der Waals surface area contributed by atoms with E-state index in [4.69, 9.17) is 5.73 Å². The Bertz CT molecular complexity index is 911. The number of carbonyl (C=O) groups excluding carboxylic acids is 2. The number of nitrogen functional groups attached to an aromatic ring is 1. The minimum atomic E-state index is -0.327. The van der Waals surface area contributed by atoms with Crippen molar-refractivity contribution in [1.82, 2.24) is 29.4 Å². The first-order chi connectivity index (χ1) is 11.4. The molecule has 0 saturated carbocycles. The highest BCUT2D eigenvalue weighted by molar-refractivity contribution is 5.91. The van der Waals surface area contributed by atoms with Crippen LogP contribution in [0.25, 0.3) is 11.0 Å². The van der Waals surface area contributed by atoms with E-state index in [1.165, 1.54) is 26.8 Å². The Morgan fingerprint density at radius 1 is 1.33 bits per heavy atom. The van der Waals surface area contributed by atoms with Gasteiger partial charge in [0, 0.05) is 19.8 Å². The Hall–Kier alpha value is -3.43. The number of imidazole rings is 1. The minimum absolute atomic E-state index is 0.0896. The fraction of sp³-hybridized carbons (Fsp3) is 0.214. The number of hydrogen-bond donors (Lipinski definition) is 2. The van der Waals surface area contributed by atoms with Gasteiger partial charge in [0.25, 0.3) is 5.91 Å². The van der Waals surface area contributed by atoms with Gasteiger partial charge in [-0.2, -0.15) is 9.90 Å². The number of rotatable bonds is 3. The standard InChI is InChI=1S/C14H16N8O2/c1-20(2)14(24)18-12-6-17-22(19-12)7-13(23)21-8-16-10-5-9(15)3-4-11(10)21/h3-6,8H,7,15H2,1-2H3,(H,18,19,24). The summed E-state index contributed by atoms with van der Waals surface area (Å²) in [6.07, 6.45) is 2.81. The number of anilines is 2. The molecule has 2 heterocycles. The van der Waals surface area contributed by atoms with Crippen LogP contribution in [0.4, 0.5) is 16.3 Å². The molecule has 3 aromatic rings. The lowest BCUT2D eigenvalue weighted by molar-refractivity contribution is 0.0885. The molecule has 0 radical (unpaired) electrons. The molecule has 3 N–H and O–H groups in total. The number of amides is 2. The van der Waals surface area contributed by atoms with Gasteiger partial charge in [-0.25, -0.2) is 9.78 Å². The highest BCUT2D eigenvalue weighted by atomic mass is 16.2. The summed E-state index contributed by atoms with van der Waals surface area (Å²) in [4.78, 5) is 30.7. The van der Waals surface area contributed by atoms with Crippen LogP contribution < -0.4 is 11.1 Å². The summed E-state index contributed by atoms with van der Waals surface area (Å²) in [5, 5.41) is 10.6. The second-order valence-corrected chi connectivity index (χ2v) is 5.34. The lowest BCUT2D eigenvalue weighted by Gasteiger charge is -2.09. The third kappa shape index (κ3) is 3.02. The smallest absolute Gasteiger partial charge is 0.322 e. The Balaban J connectivity index is 1.75. The summed E-state index contributed by atoms with van der Waals surface area (Å²) in [6.45, 7) is -0.0896. The Kier molecular flexibility index (Phi) is 3.86. The molecule has 10 heteroatoms. The number of fused-ring (bicyclic) bond motifs is 1. The van der Waals surface area contributed by atoms with Crippen LogP contribution in [0.15, 0.2) is 30.7 Å². The second kappa shape index (κ2) is 5.99. The van der Waals surface area contributed by atoms with Crippen molar-refractivity contribution in [3.8, 4) is 0 Å². The summed E-state index contributed by atoms with van der Waals surface area (Å²) in [7, 11) is 3.22. The quantitative estimate of drug-likeness (QED) is 0.680. The van der Waals surface area contributed by atoms with Crippen LogP contribution in [0, 0.1) is 0 Å².